The smallest absolute Gasteiger partial charge is 0.303 e. The van der Waals surface area contributed by atoms with Crippen LogP contribution < -0.4 is 0 Å². The summed E-state index contributed by atoms with van der Waals surface area (Å²) in [5, 5.41) is 18.3. The molecule has 2 N–H and O–H groups in total. The van der Waals surface area contributed by atoms with Crippen molar-refractivity contribution in [1.29, 1.82) is 0 Å². The van der Waals surface area contributed by atoms with Crippen molar-refractivity contribution < 1.29 is 15.0 Å². The molecule has 0 aliphatic heterocycles. The first kappa shape index (κ1) is 21.6. The van der Waals surface area contributed by atoms with Gasteiger partial charge in [0, 0.05) is 6.42 Å². The lowest BCUT2D eigenvalue weighted by Crippen LogP contribution is -1.98. The number of carbonyl (C=O) groups is 1. The van der Waals surface area contributed by atoms with Gasteiger partial charge < -0.3 is 10.2 Å². The molecule has 0 unspecified atom stereocenters. The van der Waals surface area contributed by atoms with Gasteiger partial charge in [0.1, 0.15) is 0 Å². The molecule has 0 aromatic carbocycles. The lowest BCUT2D eigenvalue weighted by Gasteiger charge is -1.99. The third kappa shape index (κ3) is 18.6. The molecule has 0 amide bonds. The van der Waals surface area contributed by atoms with E-state index in [1.807, 2.05) is 18.2 Å². The zero-order chi connectivity index (χ0) is 17.2. The Kier molecular flexibility index (Phi) is 16.0. The fourth-order valence-electron chi connectivity index (χ4n) is 2.20. The average Bonchev–Trinajstić information content (AvgIpc) is 2.52. The van der Waals surface area contributed by atoms with Crippen molar-refractivity contribution in [2.24, 2.45) is 0 Å². The lowest BCUT2D eigenvalue weighted by atomic mass is 10.1. The maximum Gasteiger partial charge on any atom is 0.303 e. The summed E-state index contributed by atoms with van der Waals surface area (Å²) in [4.78, 5) is 10.3. The van der Waals surface area contributed by atoms with Gasteiger partial charge in [0.15, 0.2) is 0 Å². The molecule has 0 fully saturated rings. The van der Waals surface area contributed by atoms with Gasteiger partial charge in [0.05, 0.1) is 6.10 Å². The quantitative estimate of drug-likeness (QED) is 0.241. The van der Waals surface area contributed by atoms with Crippen LogP contribution in [0.15, 0.2) is 36.5 Å². The van der Waals surface area contributed by atoms with E-state index in [-0.39, 0.29) is 6.42 Å². The Morgan fingerprint density at radius 2 is 1.61 bits per heavy atom. The van der Waals surface area contributed by atoms with Crippen LogP contribution in [0.1, 0.15) is 77.6 Å². The van der Waals surface area contributed by atoms with Crippen LogP contribution in [0.5, 0.6) is 0 Å². The van der Waals surface area contributed by atoms with Crippen molar-refractivity contribution in [2.45, 2.75) is 83.7 Å². The number of aliphatic hydroxyl groups excluding tert-OH is 1. The van der Waals surface area contributed by atoms with Crippen LogP contribution in [-0.2, 0) is 4.79 Å². The molecule has 23 heavy (non-hydrogen) atoms. The Bertz CT molecular complexity index is 356. The molecule has 3 nitrogen and oxygen atoms in total. The maximum atomic E-state index is 10.3. The highest BCUT2D eigenvalue weighted by Gasteiger charge is 1.95. The second-order valence-corrected chi connectivity index (χ2v) is 5.93. The predicted molar refractivity (Wildman–Crippen MR) is 97.5 cm³/mol. The summed E-state index contributed by atoms with van der Waals surface area (Å²) in [6.07, 6.45) is 22.4. The fourth-order valence-corrected chi connectivity index (χ4v) is 2.20. The Morgan fingerprint density at radius 3 is 2.35 bits per heavy atom. The number of carboxylic acid groups (broad SMARTS) is 1. The van der Waals surface area contributed by atoms with Crippen LogP contribution in [0.4, 0.5) is 0 Å². The van der Waals surface area contributed by atoms with Crippen molar-refractivity contribution >= 4 is 5.97 Å². The van der Waals surface area contributed by atoms with Crippen molar-refractivity contribution in [2.75, 3.05) is 0 Å². The molecule has 0 aromatic heterocycles. The third-order valence-electron chi connectivity index (χ3n) is 3.61. The molecule has 0 saturated carbocycles. The maximum absolute atomic E-state index is 10.3. The predicted octanol–water partition coefficient (Wildman–Crippen LogP) is 5.41. The van der Waals surface area contributed by atoms with Gasteiger partial charge >= 0.3 is 5.97 Å². The Balaban J connectivity index is 3.50. The summed E-state index contributed by atoms with van der Waals surface area (Å²) >= 11 is 0. The molecule has 0 heterocycles. The van der Waals surface area contributed by atoms with Crippen molar-refractivity contribution in [3.05, 3.63) is 36.5 Å². The van der Waals surface area contributed by atoms with E-state index in [2.05, 4.69) is 25.2 Å². The van der Waals surface area contributed by atoms with Gasteiger partial charge in [-0.3, -0.25) is 4.79 Å². The molecule has 1 atom stereocenters. The summed E-state index contributed by atoms with van der Waals surface area (Å²) < 4.78 is 0. The monoisotopic (exact) mass is 322 g/mol. The molecular weight excluding hydrogens is 288 g/mol. The Morgan fingerprint density at radius 1 is 0.913 bits per heavy atom. The fraction of sp³-hybridized carbons (Fsp3) is 0.650. The van der Waals surface area contributed by atoms with Gasteiger partial charge in [-0.15, -0.1) is 0 Å². The molecule has 0 radical (unpaired) electrons. The number of carboxylic acids is 1. The van der Waals surface area contributed by atoms with Crippen LogP contribution in [0.25, 0.3) is 0 Å². The van der Waals surface area contributed by atoms with Gasteiger partial charge in [-0.1, -0.05) is 69.1 Å². The van der Waals surface area contributed by atoms with Crippen LogP contribution in [0.3, 0.4) is 0 Å². The van der Waals surface area contributed by atoms with Crippen LogP contribution in [0, 0.1) is 0 Å². The molecule has 0 aliphatic rings. The molecule has 0 bridgehead atoms. The highest BCUT2D eigenvalue weighted by atomic mass is 16.4. The SMILES string of the molecule is CCCCC/C=C\C[C@H](O)/C=C/C=C\CCCCCCC(=O)O. The largest absolute Gasteiger partial charge is 0.481 e. The van der Waals surface area contributed by atoms with Gasteiger partial charge in [-0.05, 0) is 38.5 Å². The second kappa shape index (κ2) is 17.0. The second-order valence-electron chi connectivity index (χ2n) is 5.93. The Labute approximate surface area is 141 Å². The summed E-state index contributed by atoms with van der Waals surface area (Å²) in [6.45, 7) is 2.20. The molecule has 132 valence electrons. The molecule has 0 aromatic rings. The van der Waals surface area contributed by atoms with Crippen molar-refractivity contribution in [3.63, 3.8) is 0 Å². The zero-order valence-corrected chi connectivity index (χ0v) is 14.6. The summed E-state index contributed by atoms with van der Waals surface area (Å²) in [5.74, 6) is -0.704. The number of aliphatic hydroxyl groups is 1. The van der Waals surface area contributed by atoms with E-state index in [1.165, 1.54) is 19.3 Å². The Hall–Kier alpha value is -1.35. The van der Waals surface area contributed by atoms with E-state index in [0.29, 0.717) is 6.42 Å². The van der Waals surface area contributed by atoms with E-state index in [4.69, 9.17) is 5.11 Å². The lowest BCUT2D eigenvalue weighted by molar-refractivity contribution is -0.137. The topological polar surface area (TPSA) is 57.5 Å². The third-order valence-corrected chi connectivity index (χ3v) is 3.61. The molecular formula is C20H34O3. The van der Waals surface area contributed by atoms with Crippen LogP contribution in [0.2, 0.25) is 0 Å². The zero-order valence-electron chi connectivity index (χ0n) is 14.6. The van der Waals surface area contributed by atoms with Crippen LogP contribution in [-0.4, -0.2) is 22.3 Å². The first-order valence-corrected chi connectivity index (χ1v) is 9.05. The number of unbranched alkanes of at least 4 members (excludes halogenated alkanes) is 7. The number of allylic oxidation sites excluding steroid dienone is 4. The summed E-state index contributed by atoms with van der Waals surface area (Å²) in [5.41, 5.74) is 0. The van der Waals surface area contributed by atoms with E-state index in [9.17, 15) is 9.90 Å². The standard InChI is InChI=1S/C20H34O3/c1-2-3-4-5-10-13-16-19(21)17-14-11-8-6-7-9-12-15-18-20(22)23/h8,10-11,13-14,17,19,21H,2-7,9,12,15-16,18H2,1H3,(H,22,23)/b11-8-,13-10-,17-14+/t19-/m0/s1. The minimum Gasteiger partial charge on any atom is -0.481 e. The normalized spacial score (nSPS) is 13.5. The van der Waals surface area contributed by atoms with E-state index in [0.717, 1.165) is 38.5 Å². The number of rotatable bonds is 15. The van der Waals surface area contributed by atoms with E-state index < -0.39 is 12.1 Å². The highest BCUT2D eigenvalue weighted by Crippen LogP contribution is 2.06. The molecule has 3 heteroatoms. The number of aliphatic carboxylic acids is 1. The summed E-state index contributed by atoms with van der Waals surface area (Å²) in [7, 11) is 0. The van der Waals surface area contributed by atoms with Gasteiger partial charge in [-0.25, -0.2) is 0 Å². The number of hydrogen-bond donors (Lipinski definition) is 2. The minimum atomic E-state index is -0.704. The van der Waals surface area contributed by atoms with Gasteiger partial charge in [0.2, 0.25) is 0 Å². The first-order chi connectivity index (χ1) is 11.2. The van der Waals surface area contributed by atoms with Crippen molar-refractivity contribution in [1.82, 2.24) is 0 Å². The molecule has 0 rings (SSSR count). The summed E-state index contributed by atoms with van der Waals surface area (Å²) in [6, 6.07) is 0. The minimum absolute atomic E-state index is 0.281. The van der Waals surface area contributed by atoms with Gasteiger partial charge in [-0.2, -0.15) is 0 Å². The van der Waals surface area contributed by atoms with Crippen molar-refractivity contribution in [3.8, 4) is 0 Å². The first-order valence-electron chi connectivity index (χ1n) is 9.05. The van der Waals surface area contributed by atoms with Gasteiger partial charge in [0.25, 0.3) is 0 Å². The van der Waals surface area contributed by atoms with E-state index >= 15 is 0 Å². The van der Waals surface area contributed by atoms with Crippen LogP contribution >= 0.6 is 0 Å². The number of hydrogen-bond acceptors (Lipinski definition) is 2. The van der Waals surface area contributed by atoms with E-state index in [1.54, 1.807) is 0 Å². The molecule has 0 spiro atoms. The average molecular weight is 322 g/mol. The highest BCUT2D eigenvalue weighted by molar-refractivity contribution is 5.66. The molecule has 0 aliphatic carbocycles. The molecule has 0 saturated heterocycles.